The van der Waals surface area contributed by atoms with Crippen molar-refractivity contribution in [3.63, 3.8) is 0 Å². The van der Waals surface area contributed by atoms with Crippen LogP contribution in [-0.2, 0) is 5.41 Å². The fourth-order valence-electron chi connectivity index (χ4n) is 3.94. The number of hydrogen-bond donors (Lipinski definition) is 0. The number of allylic oxidation sites excluding steroid dienone is 4. The van der Waals surface area contributed by atoms with Crippen molar-refractivity contribution < 1.29 is 0 Å². The van der Waals surface area contributed by atoms with Crippen LogP contribution in [0.15, 0.2) is 103 Å². The normalized spacial score (nSPS) is 15.6. The Kier molecular flexibility index (Phi) is 4.11. The highest BCUT2D eigenvalue weighted by molar-refractivity contribution is 6.19. The SMILES string of the molecule is C/C=C\CC1(c2ccccc2)C(c2ccccc2)=C1c1ccccc1. The van der Waals surface area contributed by atoms with E-state index < -0.39 is 0 Å². The summed E-state index contributed by atoms with van der Waals surface area (Å²) in [6, 6.07) is 32.6. The van der Waals surface area contributed by atoms with Gasteiger partial charge in [-0.2, -0.15) is 0 Å². The summed E-state index contributed by atoms with van der Waals surface area (Å²) in [5.74, 6) is 0. The second-order valence-electron chi connectivity index (χ2n) is 6.53. The van der Waals surface area contributed by atoms with E-state index in [0.29, 0.717) is 0 Å². The van der Waals surface area contributed by atoms with E-state index in [4.69, 9.17) is 0 Å². The van der Waals surface area contributed by atoms with Gasteiger partial charge in [0.15, 0.2) is 0 Å². The van der Waals surface area contributed by atoms with Crippen LogP contribution in [0, 0.1) is 0 Å². The van der Waals surface area contributed by atoms with Crippen molar-refractivity contribution in [1.29, 1.82) is 0 Å². The Morgan fingerprint density at radius 1 is 0.640 bits per heavy atom. The Morgan fingerprint density at radius 3 is 1.52 bits per heavy atom. The van der Waals surface area contributed by atoms with Crippen LogP contribution in [-0.4, -0.2) is 0 Å². The molecule has 3 aromatic rings. The molecule has 0 saturated heterocycles. The van der Waals surface area contributed by atoms with Crippen LogP contribution in [0.3, 0.4) is 0 Å². The molecule has 0 saturated carbocycles. The summed E-state index contributed by atoms with van der Waals surface area (Å²) in [6.07, 6.45) is 5.46. The van der Waals surface area contributed by atoms with E-state index >= 15 is 0 Å². The molecule has 1 aliphatic rings. The Balaban J connectivity index is 1.91. The maximum absolute atomic E-state index is 2.30. The van der Waals surface area contributed by atoms with E-state index in [-0.39, 0.29) is 5.41 Å². The Labute approximate surface area is 150 Å². The zero-order chi connectivity index (χ0) is 17.1. The average molecular weight is 322 g/mol. The third-order valence-corrected chi connectivity index (χ3v) is 5.09. The summed E-state index contributed by atoms with van der Waals surface area (Å²) in [7, 11) is 0. The van der Waals surface area contributed by atoms with Gasteiger partial charge in [-0.05, 0) is 41.2 Å². The summed E-state index contributed by atoms with van der Waals surface area (Å²) in [5.41, 5.74) is 6.94. The second kappa shape index (κ2) is 6.57. The maximum Gasteiger partial charge on any atom is 0.0504 e. The van der Waals surface area contributed by atoms with Crippen LogP contribution < -0.4 is 0 Å². The highest BCUT2D eigenvalue weighted by Crippen LogP contribution is 2.66. The molecule has 4 rings (SSSR count). The molecule has 3 aromatic carbocycles. The van der Waals surface area contributed by atoms with E-state index in [1.54, 1.807) is 0 Å². The average Bonchev–Trinajstić information content (AvgIpc) is 3.38. The maximum atomic E-state index is 2.30. The van der Waals surface area contributed by atoms with Crippen molar-refractivity contribution in [2.24, 2.45) is 0 Å². The van der Waals surface area contributed by atoms with Crippen LogP contribution in [0.1, 0.15) is 30.0 Å². The first-order valence-corrected chi connectivity index (χ1v) is 8.90. The van der Waals surface area contributed by atoms with Crippen molar-refractivity contribution in [2.45, 2.75) is 18.8 Å². The van der Waals surface area contributed by atoms with E-state index in [2.05, 4.69) is 110 Å². The van der Waals surface area contributed by atoms with Gasteiger partial charge in [0.2, 0.25) is 0 Å². The van der Waals surface area contributed by atoms with Crippen LogP contribution >= 0.6 is 0 Å². The summed E-state index contributed by atoms with van der Waals surface area (Å²) in [6.45, 7) is 2.10. The van der Waals surface area contributed by atoms with Crippen LogP contribution in [0.5, 0.6) is 0 Å². The van der Waals surface area contributed by atoms with Gasteiger partial charge in [-0.3, -0.25) is 0 Å². The molecule has 0 bridgehead atoms. The number of rotatable bonds is 5. The first kappa shape index (κ1) is 15.7. The van der Waals surface area contributed by atoms with Gasteiger partial charge in [0.1, 0.15) is 0 Å². The number of benzene rings is 3. The molecule has 0 nitrogen and oxygen atoms in total. The minimum atomic E-state index is -0.0174. The lowest BCUT2D eigenvalue weighted by atomic mass is 9.82. The van der Waals surface area contributed by atoms with Crippen molar-refractivity contribution >= 4 is 11.1 Å². The molecular weight excluding hydrogens is 300 g/mol. The summed E-state index contributed by atoms with van der Waals surface area (Å²) >= 11 is 0. The highest BCUT2D eigenvalue weighted by atomic mass is 14.5. The minimum Gasteiger partial charge on any atom is -0.0916 e. The van der Waals surface area contributed by atoms with E-state index in [0.717, 1.165) is 6.42 Å². The second-order valence-corrected chi connectivity index (χ2v) is 6.53. The van der Waals surface area contributed by atoms with E-state index in [1.807, 2.05) is 0 Å². The van der Waals surface area contributed by atoms with Crippen molar-refractivity contribution in [3.8, 4) is 0 Å². The molecule has 0 spiro atoms. The van der Waals surface area contributed by atoms with Crippen molar-refractivity contribution in [2.75, 3.05) is 0 Å². The zero-order valence-electron chi connectivity index (χ0n) is 14.5. The fraction of sp³-hybridized carbons (Fsp3) is 0.120. The lowest BCUT2D eigenvalue weighted by Gasteiger charge is -2.20. The van der Waals surface area contributed by atoms with Gasteiger partial charge in [0, 0.05) is 0 Å². The molecule has 0 heteroatoms. The predicted octanol–water partition coefficient (Wildman–Crippen LogP) is 6.52. The van der Waals surface area contributed by atoms with Crippen LogP contribution in [0.4, 0.5) is 0 Å². The van der Waals surface area contributed by atoms with Gasteiger partial charge >= 0.3 is 0 Å². The standard InChI is InChI=1S/C25H22/c1-2-3-19-25(22-17-11-6-12-18-22)23(20-13-7-4-8-14-20)24(25)21-15-9-5-10-16-21/h2-18H,19H2,1H3/b3-2-. The molecule has 0 fully saturated rings. The third-order valence-electron chi connectivity index (χ3n) is 5.09. The largest absolute Gasteiger partial charge is 0.0916 e. The lowest BCUT2D eigenvalue weighted by molar-refractivity contribution is 0.800. The molecule has 0 unspecified atom stereocenters. The van der Waals surface area contributed by atoms with Gasteiger partial charge < -0.3 is 0 Å². The predicted molar refractivity (Wildman–Crippen MR) is 107 cm³/mol. The smallest absolute Gasteiger partial charge is 0.0504 e. The molecule has 0 aromatic heterocycles. The van der Waals surface area contributed by atoms with Crippen molar-refractivity contribution in [1.82, 2.24) is 0 Å². The first-order valence-electron chi connectivity index (χ1n) is 8.90. The molecule has 0 atom stereocenters. The molecule has 0 radical (unpaired) electrons. The first-order chi connectivity index (χ1) is 12.4. The molecule has 1 aliphatic carbocycles. The van der Waals surface area contributed by atoms with Crippen LogP contribution in [0.25, 0.3) is 11.1 Å². The molecule has 0 amide bonds. The minimum absolute atomic E-state index is 0.0174. The lowest BCUT2D eigenvalue weighted by Crippen LogP contribution is -2.12. The Bertz CT molecular complexity index is 851. The molecule has 122 valence electrons. The topological polar surface area (TPSA) is 0 Å². The van der Waals surface area contributed by atoms with E-state index in [9.17, 15) is 0 Å². The quantitative estimate of drug-likeness (QED) is 0.469. The molecule has 0 N–H and O–H groups in total. The third kappa shape index (κ3) is 2.64. The Hall–Kier alpha value is -2.86. The summed E-state index contributed by atoms with van der Waals surface area (Å²) in [4.78, 5) is 0. The zero-order valence-corrected chi connectivity index (χ0v) is 14.5. The molecular formula is C25H22. The monoisotopic (exact) mass is 322 g/mol. The highest BCUT2D eigenvalue weighted by Gasteiger charge is 2.54. The van der Waals surface area contributed by atoms with Gasteiger partial charge in [-0.25, -0.2) is 0 Å². The summed E-state index contributed by atoms with van der Waals surface area (Å²) in [5, 5.41) is 0. The van der Waals surface area contributed by atoms with Crippen molar-refractivity contribution in [3.05, 3.63) is 120 Å². The van der Waals surface area contributed by atoms with Crippen LogP contribution in [0.2, 0.25) is 0 Å². The van der Waals surface area contributed by atoms with Gasteiger partial charge in [-0.1, -0.05) is 103 Å². The molecule has 0 aliphatic heterocycles. The summed E-state index contributed by atoms with van der Waals surface area (Å²) < 4.78 is 0. The number of hydrogen-bond acceptors (Lipinski definition) is 0. The Morgan fingerprint density at radius 2 is 1.08 bits per heavy atom. The van der Waals surface area contributed by atoms with Gasteiger partial charge in [0.25, 0.3) is 0 Å². The van der Waals surface area contributed by atoms with Gasteiger partial charge in [-0.15, -0.1) is 0 Å². The molecule has 0 heterocycles. The molecule has 25 heavy (non-hydrogen) atoms. The van der Waals surface area contributed by atoms with Gasteiger partial charge in [0.05, 0.1) is 5.41 Å². The van der Waals surface area contributed by atoms with E-state index in [1.165, 1.54) is 27.8 Å². The fourth-order valence-corrected chi connectivity index (χ4v) is 3.94.